The molecule has 0 radical (unpaired) electrons. The van der Waals surface area contributed by atoms with Crippen LogP contribution in [-0.4, -0.2) is 40.5 Å². The van der Waals surface area contributed by atoms with E-state index in [0.717, 1.165) is 34.4 Å². The molecule has 0 amide bonds. The lowest BCUT2D eigenvalue weighted by molar-refractivity contribution is 0.0696. The van der Waals surface area contributed by atoms with Crippen LogP contribution in [-0.2, 0) is 6.42 Å². The molecule has 0 aliphatic rings. The summed E-state index contributed by atoms with van der Waals surface area (Å²) < 4.78 is 5.80. The Morgan fingerprint density at radius 2 is 1.72 bits per heavy atom. The molecule has 3 aromatic rings. The van der Waals surface area contributed by atoms with Gasteiger partial charge in [0.15, 0.2) is 0 Å². The summed E-state index contributed by atoms with van der Waals surface area (Å²) in [5.74, 6) is -0.0137. The molecule has 0 unspecified atom stereocenters. The molecule has 0 aliphatic heterocycles. The van der Waals surface area contributed by atoms with Gasteiger partial charge in [0.1, 0.15) is 18.1 Å². The van der Waals surface area contributed by atoms with E-state index in [4.69, 9.17) is 4.74 Å². The summed E-state index contributed by atoms with van der Waals surface area (Å²) in [5, 5.41) is 32.2. The number of carboxylic acid groups (broad SMARTS) is 1. The fraction of sp³-hybridized carbons (Fsp3) is 0.269. The molecule has 0 saturated heterocycles. The lowest BCUT2D eigenvalue weighted by atomic mass is 9.96. The topological polar surface area (TPSA) is 99.0 Å². The van der Waals surface area contributed by atoms with Crippen molar-refractivity contribution in [2.75, 3.05) is 13.2 Å². The molecule has 0 fully saturated rings. The van der Waals surface area contributed by atoms with Crippen LogP contribution >= 0.6 is 0 Å². The van der Waals surface area contributed by atoms with E-state index in [2.05, 4.69) is 5.32 Å². The highest BCUT2D eigenvalue weighted by Crippen LogP contribution is 2.27. The number of phenols is 1. The maximum absolute atomic E-state index is 11.2. The van der Waals surface area contributed by atoms with Gasteiger partial charge in [0.25, 0.3) is 0 Å². The zero-order valence-corrected chi connectivity index (χ0v) is 18.3. The fourth-order valence-electron chi connectivity index (χ4n) is 3.56. The number of phenolic OH excluding ortho intramolecular Hbond substituents is 1. The molecular weight excluding hydrogens is 406 g/mol. The molecule has 6 nitrogen and oxygen atoms in total. The third-order valence-electron chi connectivity index (χ3n) is 5.44. The van der Waals surface area contributed by atoms with Gasteiger partial charge in [-0.15, -0.1) is 0 Å². The van der Waals surface area contributed by atoms with Crippen molar-refractivity contribution in [3.05, 3.63) is 83.4 Å². The molecule has 168 valence electrons. The SMILES string of the molecule is CCc1cc(C(=O)O)ccc1-c1ccc(OCCN[C@@H](C)[C@H](O)c2ccc(O)cc2)cc1. The summed E-state index contributed by atoms with van der Waals surface area (Å²) in [4.78, 5) is 11.2. The van der Waals surface area contributed by atoms with E-state index in [1.54, 1.807) is 36.4 Å². The van der Waals surface area contributed by atoms with Gasteiger partial charge in [-0.2, -0.15) is 0 Å². The number of nitrogens with one attached hydrogen (secondary N) is 1. The zero-order valence-electron chi connectivity index (χ0n) is 18.3. The quantitative estimate of drug-likeness (QED) is 0.352. The molecule has 6 heteroatoms. The number of hydrogen-bond donors (Lipinski definition) is 4. The van der Waals surface area contributed by atoms with Gasteiger partial charge >= 0.3 is 5.97 Å². The van der Waals surface area contributed by atoms with Gasteiger partial charge in [0, 0.05) is 12.6 Å². The van der Waals surface area contributed by atoms with Crippen LogP contribution in [0.3, 0.4) is 0 Å². The van der Waals surface area contributed by atoms with E-state index in [1.807, 2.05) is 44.2 Å². The molecular formula is C26H29NO5. The maximum atomic E-state index is 11.2. The van der Waals surface area contributed by atoms with Crippen LogP contribution in [0.4, 0.5) is 0 Å². The third kappa shape index (κ3) is 5.87. The van der Waals surface area contributed by atoms with E-state index >= 15 is 0 Å². The highest BCUT2D eigenvalue weighted by Gasteiger charge is 2.15. The summed E-state index contributed by atoms with van der Waals surface area (Å²) in [6.45, 7) is 4.91. The highest BCUT2D eigenvalue weighted by atomic mass is 16.5. The average Bonchev–Trinajstić information content (AvgIpc) is 2.81. The number of aromatic carboxylic acids is 1. The first-order valence-corrected chi connectivity index (χ1v) is 10.7. The van der Waals surface area contributed by atoms with Crippen molar-refractivity contribution < 1.29 is 24.9 Å². The molecule has 0 bridgehead atoms. The van der Waals surface area contributed by atoms with Crippen molar-refractivity contribution in [2.24, 2.45) is 0 Å². The van der Waals surface area contributed by atoms with Gasteiger partial charge in [-0.05, 0) is 72.0 Å². The minimum atomic E-state index is -0.923. The summed E-state index contributed by atoms with van der Waals surface area (Å²) in [7, 11) is 0. The minimum absolute atomic E-state index is 0.171. The molecule has 0 heterocycles. The third-order valence-corrected chi connectivity index (χ3v) is 5.44. The van der Waals surface area contributed by atoms with Crippen molar-refractivity contribution in [1.82, 2.24) is 5.32 Å². The van der Waals surface area contributed by atoms with Crippen LogP contribution < -0.4 is 10.1 Å². The molecule has 3 rings (SSSR count). The first-order chi connectivity index (χ1) is 15.4. The standard InChI is InChI=1S/C26H29NO5/c1-3-18-16-21(26(30)31)8-13-24(18)19-6-11-23(12-7-19)32-15-14-27-17(2)25(29)20-4-9-22(28)10-5-20/h4-13,16-17,25,27-29H,3,14-15H2,1-2H3,(H,30,31)/t17-,25-/m0/s1. The van der Waals surface area contributed by atoms with Crippen LogP contribution in [0.2, 0.25) is 0 Å². The van der Waals surface area contributed by atoms with Crippen LogP contribution in [0, 0.1) is 0 Å². The molecule has 3 aromatic carbocycles. The summed E-state index contributed by atoms with van der Waals surface area (Å²) in [5.41, 5.74) is 4.05. The van der Waals surface area contributed by atoms with Crippen LogP contribution in [0.15, 0.2) is 66.7 Å². The average molecular weight is 436 g/mol. The van der Waals surface area contributed by atoms with Gasteiger partial charge in [0.05, 0.1) is 11.7 Å². The number of carbonyl (C=O) groups is 1. The van der Waals surface area contributed by atoms with E-state index < -0.39 is 12.1 Å². The number of carboxylic acids is 1. The second-order valence-corrected chi connectivity index (χ2v) is 7.68. The number of ether oxygens (including phenoxy) is 1. The van der Waals surface area contributed by atoms with Gasteiger partial charge in [-0.3, -0.25) is 0 Å². The molecule has 0 aliphatic carbocycles. The first-order valence-electron chi connectivity index (χ1n) is 10.7. The molecule has 4 N–H and O–H groups in total. The Balaban J connectivity index is 1.52. The van der Waals surface area contributed by atoms with Gasteiger partial charge in [0.2, 0.25) is 0 Å². The molecule has 0 spiro atoms. The number of aromatic hydroxyl groups is 1. The Morgan fingerprint density at radius 1 is 1.03 bits per heavy atom. The van der Waals surface area contributed by atoms with E-state index in [-0.39, 0.29) is 11.8 Å². The summed E-state index contributed by atoms with van der Waals surface area (Å²) >= 11 is 0. The van der Waals surface area contributed by atoms with E-state index in [9.17, 15) is 20.1 Å². The first kappa shape index (κ1) is 23.3. The number of aliphatic hydroxyl groups excluding tert-OH is 1. The molecule has 0 aromatic heterocycles. The molecule has 0 saturated carbocycles. The van der Waals surface area contributed by atoms with E-state index in [0.29, 0.717) is 18.7 Å². The van der Waals surface area contributed by atoms with Crippen molar-refractivity contribution in [3.8, 4) is 22.6 Å². The monoisotopic (exact) mass is 435 g/mol. The second-order valence-electron chi connectivity index (χ2n) is 7.68. The lowest BCUT2D eigenvalue weighted by Gasteiger charge is -2.21. The fourth-order valence-corrected chi connectivity index (χ4v) is 3.56. The number of aliphatic hydroxyl groups is 1. The smallest absolute Gasteiger partial charge is 0.335 e. The largest absolute Gasteiger partial charge is 0.508 e. The Labute approximate surface area is 188 Å². The molecule has 32 heavy (non-hydrogen) atoms. The number of rotatable bonds is 10. The van der Waals surface area contributed by atoms with E-state index in [1.165, 1.54) is 0 Å². The maximum Gasteiger partial charge on any atom is 0.335 e. The van der Waals surface area contributed by atoms with Crippen molar-refractivity contribution in [1.29, 1.82) is 0 Å². The van der Waals surface area contributed by atoms with Crippen LogP contribution in [0.5, 0.6) is 11.5 Å². The zero-order chi connectivity index (χ0) is 23.1. The van der Waals surface area contributed by atoms with Crippen LogP contribution in [0.1, 0.15) is 41.4 Å². The molecule has 2 atom stereocenters. The normalized spacial score (nSPS) is 12.8. The van der Waals surface area contributed by atoms with Gasteiger partial charge in [-0.25, -0.2) is 4.79 Å². The van der Waals surface area contributed by atoms with Gasteiger partial charge in [-0.1, -0.05) is 37.3 Å². The highest BCUT2D eigenvalue weighted by molar-refractivity contribution is 5.89. The predicted octanol–water partition coefficient (Wildman–Crippen LogP) is 4.41. The van der Waals surface area contributed by atoms with Gasteiger partial charge < -0.3 is 25.4 Å². The Bertz CT molecular complexity index is 1030. The van der Waals surface area contributed by atoms with Crippen molar-refractivity contribution in [2.45, 2.75) is 32.4 Å². The number of benzene rings is 3. The van der Waals surface area contributed by atoms with Crippen molar-refractivity contribution in [3.63, 3.8) is 0 Å². The second kappa shape index (κ2) is 10.8. The van der Waals surface area contributed by atoms with Crippen LogP contribution in [0.25, 0.3) is 11.1 Å². The Morgan fingerprint density at radius 3 is 2.34 bits per heavy atom. The predicted molar refractivity (Wildman–Crippen MR) is 124 cm³/mol. The number of hydrogen-bond acceptors (Lipinski definition) is 5. The Kier molecular flexibility index (Phi) is 7.87. The minimum Gasteiger partial charge on any atom is -0.508 e. The number of aryl methyl sites for hydroxylation is 1. The Hall–Kier alpha value is -3.35. The summed E-state index contributed by atoms with van der Waals surface area (Å²) in [6.07, 6.45) is 0.0596. The lowest BCUT2D eigenvalue weighted by Crippen LogP contribution is -2.35. The summed E-state index contributed by atoms with van der Waals surface area (Å²) in [6, 6.07) is 19.3. The van der Waals surface area contributed by atoms with Crippen molar-refractivity contribution >= 4 is 5.97 Å².